The fraction of sp³-hybridized carbons (Fsp3) is 0.250. The van der Waals surface area contributed by atoms with Gasteiger partial charge in [0.2, 0.25) is 0 Å². The van der Waals surface area contributed by atoms with Crippen LogP contribution in [0.2, 0.25) is 0 Å². The summed E-state index contributed by atoms with van der Waals surface area (Å²) in [6.07, 6.45) is 0. The SMILES string of the molecule is [2H]C([2H])([2H])c1cccc2c1-c1c(C([2H])([2H])[2H])cccc1C([2H])([2H])SC2([2H])[2H]. The van der Waals surface area contributed by atoms with Gasteiger partial charge in [-0.2, -0.15) is 11.8 Å². The molecule has 0 saturated heterocycles. The van der Waals surface area contributed by atoms with Crippen LogP contribution < -0.4 is 0 Å². The smallest absolute Gasteiger partial charge is 0.0431 e. The highest BCUT2D eigenvalue weighted by Gasteiger charge is 2.17. The lowest BCUT2D eigenvalue weighted by molar-refractivity contribution is 1.32. The summed E-state index contributed by atoms with van der Waals surface area (Å²) < 4.78 is 80.6. The van der Waals surface area contributed by atoms with Crippen LogP contribution in [0.3, 0.4) is 0 Å². The summed E-state index contributed by atoms with van der Waals surface area (Å²) in [7, 11) is 0. The molecule has 1 aliphatic rings. The summed E-state index contributed by atoms with van der Waals surface area (Å²) in [4.78, 5) is 0. The van der Waals surface area contributed by atoms with E-state index < -0.39 is 25.1 Å². The quantitative estimate of drug-likeness (QED) is 0.652. The predicted molar refractivity (Wildman–Crippen MR) is 76.4 cm³/mol. The van der Waals surface area contributed by atoms with Gasteiger partial charge in [0, 0.05) is 25.1 Å². The predicted octanol–water partition coefficient (Wildman–Crippen LogP) is 4.72. The van der Waals surface area contributed by atoms with Crippen LogP contribution in [-0.4, -0.2) is 0 Å². The Morgan fingerprint density at radius 2 is 1.47 bits per heavy atom. The van der Waals surface area contributed by atoms with E-state index in [1.54, 1.807) is 0 Å². The van der Waals surface area contributed by atoms with Crippen molar-refractivity contribution in [2.75, 3.05) is 0 Å². The number of fused-ring (bicyclic) bond motifs is 3. The molecule has 0 radical (unpaired) electrons. The van der Waals surface area contributed by atoms with Gasteiger partial charge in [-0.15, -0.1) is 0 Å². The normalized spacial score (nSPS) is 29.9. The van der Waals surface area contributed by atoms with Crippen LogP contribution >= 0.6 is 11.8 Å². The maximum atomic E-state index is 8.37. The van der Waals surface area contributed by atoms with Crippen molar-refractivity contribution in [3.63, 3.8) is 0 Å². The molecule has 1 aliphatic heterocycles. The third-order valence-electron chi connectivity index (χ3n) is 2.70. The molecule has 0 aliphatic carbocycles. The molecule has 2 aromatic rings. The highest BCUT2D eigenvalue weighted by atomic mass is 32.2. The molecule has 0 N–H and O–H groups in total. The van der Waals surface area contributed by atoms with E-state index in [-0.39, 0.29) is 33.4 Å². The summed E-state index contributed by atoms with van der Waals surface area (Å²) in [5.41, 5.74) is -5.10. The monoisotopic (exact) mass is 250 g/mol. The standard InChI is InChI=1S/C16H16S/c1-11-5-3-7-13-9-17-10-14-8-4-6-12(2)16(14)15(11)13/h3-8H,9-10H2,1-2H3/i1D3,2D3,9D2,10D2. The number of aryl methyl sites for hydroxylation is 2. The fourth-order valence-corrected chi connectivity index (χ4v) is 2.56. The molecule has 0 aromatic heterocycles. The second kappa shape index (κ2) is 4.23. The van der Waals surface area contributed by atoms with E-state index in [0.29, 0.717) is 11.8 Å². The van der Waals surface area contributed by atoms with Crippen LogP contribution in [0.25, 0.3) is 11.1 Å². The molecule has 0 saturated carbocycles. The van der Waals surface area contributed by atoms with Gasteiger partial charge < -0.3 is 0 Å². The molecular weight excluding hydrogens is 224 g/mol. The minimum Gasteiger partial charge on any atom is -0.152 e. The Labute approximate surface area is 121 Å². The van der Waals surface area contributed by atoms with Crippen molar-refractivity contribution in [3.05, 3.63) is 58.7 Å². The van der Waals surface area contributed by atoms with E-state index in [9.17, 15) is 0 Å². The Kier molecular flexibility index (Phi) is 1.11. The van der Waals surface area contributed by atoms with Gasteiger partial charge in [0.25, 0.3) is 0 Å². The van der Waals surface area contributed by atoms with E-state index in [2.05, 4.69) is 0 Å². The second-order valence-electron chi connectivity index (χ2n) is 3.76. The summed E-state index contributed by atoms with van der Waals surface area (Å²) in [6, 6.07) is 8.20. The number of hydrogen-bond donors (Lipinski definition) is 0. The van der Waals surface area contributed by atoms with Gasteiger partial charge >= 0.3 is 0 Å². The summed E-state index contributed by atoms with van der Waals surface area (Å²) in [5, 5.41) is 0. The zero-order valence-electron chi connectivity index (χ0n) is 18.9. The first-order valence-corrected chi connectivity index (χ1v) is 5.96. The lowest BCUT2D eigenvalue weighted by Gasteiger charge is -2.14. The minimum atomic E-state index is -2.62. The zero-order chi connectivity index (χ0) is 20.4. The lowest BCUT2D eigenvalue weighted by Crippen LogP contribution is -1.94. The molecule has 2 aromatic carbocycles. The molecule has 17 heavy (non-hydrogen) atoms. The first-order chi connectivity index (χ1) is 12.2. The van der Waals surface area contributed by atoms with Crippen molar-refractivity contribution in [2.24, 2.45) is 0 Å². The summed E-state index contributed by atoms with van der Waals surface area (Å²) >= 11 is 0.390. The van der Waals surface area contributed by atoms with Gasteiger partial charge in [-0.05, 0) is 47.1 Å². The van der Waals surface area contributed by atoms with Crippen LogP contribution in [0.15, 0.2) is 36.4 Å². The molecule has 86 valence electrons. The van der Waals surface area contributed by atoms with Gasteiger partial charge in [0.15, 0.2) is 0 Å². The third-order valence-corrected chi connectivity index (χ3v) is 3.34. The van der Waals surface area contributed by atoms with Crippen molar-refractivity contribution in [3.8, 4) is 11.1 Å². The minimum absolute atomic E-state index is 0.0412. The fourth-order valence-electron chi connectivity index (χ4n) is 1.95. The van der Waals surface area contributed by atoms with E-state index in [1.807, 2.05) is 0 Å². The Bertz CT molecular complexity index is 822. The van der Waals surface area contributed by atoms with E-state index in [0.717, 1.165) is 0 Å². The largest absolute Gasteiger partial charge is 0.152 e. The summed E-state index contributed by atoms with van der Waals surface area (Å²) in [6.45, 7) is -5.25. The number of benzene rings is 2. The lowest BCUT2D eigenvalue weighted by atomic mass is 9.90. The first kappa shape index (κ1) is 4.47. The average molecular weight is 250 g/mol. The van der Waals surface area contributed by atoms with Gasteiger partial charge in [-0.3, -0.25) is 0 Å². The van der Waals surface area contributed by atoms with E-state index in [4.69, 9.17) is 13.7 Å². The Morgan fingerprint density at radius 1 is 0.941 bits per heavy atom. The highest BCUT2D eigenvalue weighted by molar-refractivity contribution is 7.97. The topological polar surface area (TPSA) is 0 Å². The number of thioether (sulfide) groups is 1. The molecular formula is C16H16S. The Morgan fingerprint density at radius 3 is 1.94 bits per heavy atom. The van der Waals surface area contributed by atoms with Gasteiger partial charge in [0.1, 0.15) is 0 Å². The summed E-state index contributed by atoms with van der Waals surface area (Å²) in [5.74, 6) is 0. The molecule has 0 fully saturated rings. The first-order valence-electron chi connectivity index (χ1n) is 10.1. The third kappa shape index (κ3) is 1.79. The van der Waals surface area contributed by atoms with Crippen molar-refractivity contribution in [2.45, 2.75) is 25.1 Å². The maximum Gasteiger partial charge on any atom is 0.0431 e. The van der Waals surface area contributed by atoms with Crippen LogP contribution in [0, 0.1) is 13.7 Å². The van der Waals surface area contributed by atoms with E-state index in [1.165, 1.54) is 36.4 Å². The molecule has 0 nitrogen and oxygen atoms in total. The molecule has 3 rings (SSSR count). The Hall–Kier alpha value is -1.21. The molecule has 0 bridgehead atoms. The Balaban J connectivity index is 2.58. The van der Waals surface area contributed by atoms with Crippen molar-refractivity contribution < 1.29 is 13.7 Å². The zero-order valence-corrected chi connectivity index (χ0v) is 9.69. The molecule has 1 heterocycles. The maximum absolute atomic E-state index is 8.37. The second-order valence-corrected chi connectivity index (χ2v) is 4.37. The number of rotatable bonds is 0. The molecule has 0 unspecified atom stereocenters. The van der Waals surface area contributed by atoms with Crippen LogP contribution in [0.1, 0.15) is 36.0 Å². The highest BCUT2D eigenvalue weighted by Crippen LogP contribution is 2.39. The van der Waals surface area contributed by atoms with Gasteiger partial charge in [0.05, 0.1) is 0 Å². The number of hydrogen-bond acceptors (Lipinski definition) is 1. The van der Waals surface area contributed by atoms with E-state index >= 15 is 0 Å². The molecule has 0 spiro atoms. The molecule has 0 amide bonds. The van der Waals surface area contributed by atoms with Crippen LogP contribution in [0.5, 0.6) is 0 Å². The average Bonchev–Trinajstić information content (AvgIpc) is 2.57. The van der Waals surface area contributed by atoms with Gasteiger partial charge in [-0.25, -0.2) is 0 Å². The van der Waals surface area contributed by atoms with Gasteiger partial charge in [-0.1, -0.05) is 36.4 Å². The van der Waals surface area contributed by atoms with Crippen LogP contribution in [-0.2, 0) is 11.4 Å². The van der Waals surface area contributed by atoms with Crippen molar-refractivity contribution >= 4 is 11.8 Å². The van der Waals surface area contributed by atoms with Crippen molar-refractivity contribution in [1.82, 2.24) is 0 Å². The van der Waals surface area contributed by atoms with Crippen molar-refractivity contribution in [1.29, 1.82) is 0 Å². The molecule has 1 heteroatoms. The van der Waals surface area contributed by atoms with Crippen LogP contribution in [0.4, 0.5) is 0 Å². The molecule has 0 atom stereocenters.